The van der Waals surface area contributed by atoms with Crippen molar-refractivity contribution in [1.29, 1.82) is 0 Å². The van der Waals surface area contributed by atoms with Crippen molar-refractivity contribution in [2.75, 3.05) is 0 Å². The van der Waals surface area contributed by atoms with Crippen LogP contribution in [0.4, 0.5) is 0 Å². The van der Waals surface area contributed by atoms with Gasteiger partial charge >= 0.3 is 0 Å². The smallest absolute Gasteiger partial charge is 0.0125 e. The molecule has 1 unspecified atom stereocenters. The number of nitrogens with two attached hydrogens (primary N) is 1. The van der Waals surface area contributed by atoms with Crippen molar-refractivity contribution >= 4 is 17.0 Å². The van der Waals surface area contributed by atoms with Crippen LogP contribution < -0.4 is 5.73 Å². The van der Waals surface area contributed by atoms with Crippen molar-refractivity contribution in [1.82, 2.24) is 0 Å². The molecule has 2 N–H and O–H groups in total. The molecule has 0 aromatic rings. The molecule has 2 heteroatoms. The Balaban J connectivity index is 0. The lowest BCUT2D eigenvalue weighted by atomic mass is 9.82. The second-order valence-corrected chi connectivity index (χ2v) is 7.66. The highest BCUT2D eigenvalue weighted by Gasteiger charge is 2.21. The lowest BCUT2D eigenvalue weighted by molar-refractivity contribution is 0.343. The molecule has 0 rings (SSSR count). The lowest BCUT2D eigenvalue weighted by Gasteiger charge is -2.28. The minimum absolute atomic E-state index is 0. The Morgan fingerprint density at radius 1 is 0.783 bits per heavy atom. The van der Waals surface area contributed by atoms with Gasteiger partial charge in [0.25, 0.3) is 0 Å². The Bertz CT molecular complexity index is 250. The van der Waals surface area contributed by atoms with Crippen LogP contribution in [0.25, 0.3) is 0 Å². The van der Waals surface area contributed by atoms with Crippen LogP contribution in [0.15, 0.2) is 12.7 Å². The van der Waals surface area contributed by atoms with Gasteiger partial charge in [-0.2, -0.15) is 0 Å². The molecule has 0 aliphatic carbocycles. The maximum atomic E-state index is 6.23. The van der Waals surface area contributed by atoms with E-state index >= 15 is 0 Å². The van der Waals surface area contributed by atoms with Gasteiger partial charge in [0.05, 0.1) is 0 Å². The molecule has 0 spiro atoms. The molecule has 23 heavy (non-hydrogen) atoms. The molecule has 0 fully saturated rings. The molecule has 0 aromatic heterocycles. The van der Waals surface area contributed by atoms with Crippen LogP contribution in [0.5, 0.6) is 0 Å². The molecule has 0 amide bonds. The lowest BCUT2D eigenvalue weighted by Crippen LogP contribution is -2.35. The van der Waals surface area contributed by atoms with Crippen molar-refractivity contribution in [2.45, 2.75) is 117 Å². The third kappa shape index (κ3) is 15.4. The van der Waals surface area contributed by atoms with Crippen LogP contribution in [-0.2, 0) is 0 Å². The van der Waals surface area contributed by atoms with Crippen LogP contribution >= 0.6 is 17.0 Å². The fraction of sp³-hybridized carbons (Fsp3) is 0.905. The second kappa shape index (κ2) is 17.0. The first-order valence-electron chi connectivity index (χ1n) is 9.93. The summed E-state index contributed by atoms with van der Waals surface area (Å²) in [5, 5.41) is 0. The predicted molar refractivity (Wildman–Crippen MR) is 113 cm³/mol. The van der Waals surface area contributed by atoms with Gasteiger partial charge in [-0.25, -0.2) is 0 Å². The molecule has 1 atom stereocenters. The summed E-state index contributed by atoms with van der Waals surface area (Å²) in [5.74, 6) is 0. The zero-order valence-electron chi connectivity index (χ0n) is 16.2. The average Bonchev–Trinajstić information content (AvgIpc) is 2.51. The van der Waals surface area contributed by atoms with Crippen molar-refractivity contribution in [3.8, 4) is 0 Å². The van der Waals surface area contributed by atoms with Crippen LogP contribution in [-0.4, -0.2) is 6.04 Å². The Kier molecular flexibility index (Phi) is 18.8. The molecule has 0 heterocycles. The molecular formula is C21H44BrN. The second-order valence-electron chi connectivity index (χ2n) is 7.66. The first-order valence-corrected chi connectivity index (χ1v) is 9.93. The number of hydrogen-bond donors (Lipinski definition) is 1. The first-order chi connectivity index (χ1) is 10.5. The molecule has 0 bridgehead atoms. The Hall–Kier alpha value is 0.180. The first kappa shape index (κ1) is 25.4. The van der Waals surface area contributed by atoms with Crippen LogP contribution in [0.3, 0.4) is 0 Å². The van der Waals surface area contributed by atoms with E-state index in [2.05, 4.69) is 27.4 Å². The standard InChI is InChI=1S/C21H43N.BrH/c1-5-7-8-9-10-11-12-13-14-15-16-17-18-19-20(22)21(3,4)6-2;/h6,20H,2,5,7-19,22H2,1,3-4H3;1H. The Morgan fingerprint density at radius 3 is 1.48 bits per heavy atom. The highest BCUT2D eigenvalue weighted by molar-refractivity contribution is 8.93. The van der Waals surface area contributed by atoms with Gasteiger partial charge < -0.3 is 5.73 Å². The molecule has 1 nitrogen and oxygen atoms in total. The summed E-state index contributed by atoms with van der Waals surface area (Å²) < 4.78 is 0. The zero-order chi connectivity index (χ0) is 16.7. The van der Waals surface area contributed by atoms with Gasteiger partial charge in [0.15, 0.2) is 0 Å². The molecule has 0 aliphatic rings. The SMILES string of the molecule is Br.C=CC(C)(C)C(N)CCCCCCCCCCCCCCC. The Morgan fingerprint density at radius 2 is 1.13 bits per heavy atom. The predicted octanol–water partition coefficient (Wildman–Crippen LogP) is 7.59. The van der Waals surface area contributed by atoms with Crippen molar-refractivity contribution < 1.29 is 0 Å². The van der Waals surface area contributed by atoms with Gasteiger partial charge in [-0.1, -0.05) is 110 Å². The van der Waals surface area contributed by atoms with Gasteiger partial charge in [0.2, 0.25) is 0 Å². The molecule has 0 aliphatic heterocycles. The Labute approximate surface area is 157 Å². The fourth-order valence-corrected chi connectivity index (χ4v) is 2.91. The van der Waals surface area contributed by atoms with Gasteiger partial charge in [-0.15, -0.1) is 23.6 Å². The van der Waals surface area contributed by atoms with Crippen LogP contribution in [0, 0.1) is 5.41 Å². The summed E-state index contributed by atoms with van der Waals surface area (Å²) in [6.45, 7) is 10.5. The minimum atomic E-state index is 0. The summed E-state index contributed by atoms with van der Waals surface area (Å²) >= 11 is 0. The largest absolute Gasteiger partial charge is 0.327 e. The summed E-state index contributed by atoms with van der Waals surface area (Å²) in [6, 6.07) is 0.262. The molecule has 0 aromatic carbocycles. The minimum Gasteiger partial charge on any atom is -0.327 e. The number of hydrogen-bond acceptors (Lipinski definition) is 1. The zero-order valence-corrected chi connectivity index (χ0v) is 18.0. The maximum Gasteiger partial charge on any atom is 0.0125 e. The average molecular weight is 390 g/mol. The van der Waals surface area contributed by atoms with E-state index in [4.69, 9.17) is 5.73 Å². The number of rotatable bonds is 16. The van der Waals surface area contributed by atoms with E-state index in [0.29, 0.717) is 0 Å². The summed E-state index contributed by atoms with van der Waals surface area (Å²) in [6.07, 6.45) is 21.5. The normalized spacial score (nSPS) is 12.7. The quantitative estimate of drug-likeness (QED) is 0.213. The van der Waals surface area contributed by atoms with E-state index in [-0.39, 0.29) is 28.4 Å². The monoisotopic (exact) mass is 389 g/mol. The number of unbranched alkanes of at least 4 members (excludes halogenated alkanes) is 12. The molecule has 140 valence electrons. The van der Waals surface area contributed by atoms with E-state index in [1.165, 1.54) is 83.5 Å². The topological polar surface area (TPSA) is 26.0 Å². The third-order valence-corrected chi connectivity index (χ3v) is 5.10. The van der Waals surface area contributed by atoms with Crippen molar-refractivity contribution in [2.24, 2.45) is 11.1 Å². The van der Waals surface area contributed by atoms with Gasteiger partial charge in [-0.05, 0) is 11.8 Å². The highest BCUT2D eigenvalue weighted by Crippen LogP contribution is 2.24. The van der Waals surface area contributed by atoms with E-state index in [9.17, 15) is 0 Å². The van der Waals surface area contributed by atoms with Gasteiger partial charge in [0.1, 0.15) is 0 Å². The van der Waals surface area contributed by atoms with Crippen LogP contribution in [0.1, 0.15) is 111 Å². The molecule has 0 radical (unpaired) electrons. The summed E-state index contributed by atoms with van der Waals surface area (Å²) in [7, 11) is 0. The fourth-order valence-electron chi connectivity index (χ4n) is 2.91. The van der Waals surface area contributed by atoms with E-state index in [0.717, 1.165) is 6.42 Å². The highest BCUT2D eigenvalue weighted by atomic mass is 79.9. The number of halogens is 1. The summed E-state index contributed by atoms with van der Waals surface area (Å²) in [4.78, 5) is 0. The van der Waals surface area contributed by atoms with Gasteiger partial charge in [0, 0.05) is 6.04 Å². The third-order valence-electron chi connectivity index (χ3n) is 5.10. The van der Waals surface area contributed by atoms with Crippen molar-refractivity contribution in [3.63, 3.8) is 0 Å². The summed E-state index contributed by atoms with van der Waals surface area (Å²) in [5.41, 5.74) is 6.31. The molecular weight excluding hydrogens is 346 g/mol. The van der Waals surface area contributed by atoms with Gasteiger partial charge in [-0.3, -0.25) is 0 Å². The van der Waals surface area contributed by atoms with E-state index < -0.39 is 0 Å². The van der Waals surface area contributed by atoms with E-state index in [1.807, 2.05) is 6.08 Å². The van der Waals surface area contributed by atoms with Crippen molar-refractivity contribution in [3.05, 3.63) is 12.7 Å². The van der Waals surface area contributed by atoms with Crippen LogP contribution in [0.2, 0.25) is 0 Å². The molecule has 0 saturated heterocycles. The molecule has 0 saturated carbocycles. The van der Waals surface area contributed by atoms with E-state index in [1.54, 1.807) is 0 Å². The maximum absolute atomic E-state index is 6.23.